The Labute approximate surface area is 119 Å². The van der Waals surface area contributed by atoms with E-state index < -0.39 is 16.1 Å². The van der Waals surface area contributed by atoms with Crippen molar-refractivity contribution in [1.29, 1.82) is 0 Å². The third-order valence-corrected chi connectivity index (χ3v) is 5.07. The summed E-state index contributed by atoms with van der Waals surface area (Å²) in [4.78, 5) is 0.0381. The lowest BCUT2D eigenvalue weighted by Crippen LogP contribution is -2.35. The van der Waals surface area contributed by atoms with Gasteiger partial charge in [-0.2, -0.15) is 0 Å². The molecule has 1 aromatic rings. The van der Waals surface area contributed by atoms with Gasteiger partial charge < -0.3 is 5.11 Å². The van der Waals surface area contributed by atoms with Crippen molar-refractivity contribution >= 4 is 21.6 Å². The minimum Gasteiger partial charge on any atom is -0.391 e. The van der Waals surface area contributed by atoms with Crippen LogP contribution >= 0.6 is 11.6 Å². The van der Waals surface area contributed by atoms with Crippen LogP contribution in [0.25, 0.3) is 0 Å². The molecule has 0 aromatic heterocycles. The second kappa shape index (κ2) is 6.70. The molecule has 0 amide bonds. The maximum absolute atomic E-state index is 12.1. The third-order valence-electron chi connectivity index (χ3n) is 3.16. The fourth-order valence-corrected chi connectivity index (χ4v) is 3.22. The normalized spacial score (nSPS) is 15.2. The summed E-state index contributed by atoms with van der Waals surface area (Å²) in [5, 5.41) is 9.97. The van der Waals surface area contributed by atoms with Gasteiger partial charge in [-0.15, -0.1) is 0 Å². The van der Waals surface area contributed by atoms with Crippen molar-refractivity contribution < 1.29 is 13.5 Å². The van der Waals surface area contributed by atoms with E-state index in [1.54, 1.807) is 12.1 Å². The largest absolute Gasteiger partial charge is 0.391 e. The Morgan fingerprint density at radius 3 is 2.58 bits per heavy atom. The Kier molecular flexibility index (Phi) is 5.80. The highest BCUT2D eigenvalue weighted by Gasteiger charge is 2.20. The van der Waals surface area contributed by atoms with Crippen LogP contribution in [0.2, 0.25) is 5.02 Å². The van der Waals surface area contributed by atoms with Crippen molar-refractivity contribution in [3.05, 3.63) is 28.8 Å². The van der Waals surface area contributed by atoms with Gasteiger partial charge in [-0.05, 0) is 30.5 Å². The topological polar surface area (TPSA) is 66.4 Å². The molecule has 0 saturated carbocycles. The molecule has 0 aliphatic rings. The molecule has 2 N–H and O–H groups in total. The summed E-state index contributed by atoms with van der Waals surface area (Å²) in [5.41, 5.74) is 0.892. The first-order chi connectivity index (χ1) is 8.77. The third kappa shape index (κ3) is 4.45. The molecule has 0 aliphatic carbocycles. The van der Waals surface area contributed by atoms with Crippen LogP contribution in [0.15, 0.2) is 23.1 Å². The Hall–Kier alpha value is -0.620. The summed E-state index contributed by atoms with van der Waals surface area (Å²) in [6.07, 6.45) is 0.0813. The van der Waals surface area contributed by atoms with Crippen LogP contribution in [0.1, 0.15) is 25.8 Å². The zero-order valence-electron chi connectivity index (χ0n) is 11.4. The average Bonchev–Trinajstić information content (AvgIpc) is 2.34. The second-order valence-electron chi connectivity index (χ2n) is 4.74. The molecule has 0 fully saturated rings. The Morgan fingerprint density at radius 1 is 1.42 bits per heavy atom. The van der Waals surface area contributed by atoms with Crippen molar-refractivity contribution in [3.63, 3.8) is 0 Å². The van der Waals surface area contributed by atoms with Crippen LogP contribution in [-0.4, -0.2) is 26.2 Å². The minimum atomic E-state index is -3.69. The number of hydrogen-bond donors (Lipinski definition) is 2. The van der Waals surface area contributed by atoms with E-state index >= 15 is 0 Å². The lowest BCUT2D eigenvalue weighted by molar-refractivity contribution is 0.118. The maximum Gasteiger partial charge on any atom is 0.242 e. The minimum absolute atomic E-state index is 0.0124. The Balaban J connectivity index is 2.82. The van der Waals surface area contributed by atoms with Gasteiger partial charge in [0.1, 0.15) is 4.90 Å². The Bertz CT molecular complexity index is 531. The van der Waals surface area contributed by atoms with Gasteiger partial charge in [-0.25, -0.2) is 13.1 Å². The number of aryl methyl sites for hydroxylation is 1. The van der Waals surface area contributed by atoms with Gasteiger partial charge in [-0.3, -0.25) is 0 Å². The van der Waals surface area contributed by atoms with Crippen molar-refractivity contribution in [1.82, 2.24) is 4.72 Å². The molecule has 0 bridgehead atoms. The summed E-state index contributed by atoms with van der Waals surface area (Å²) in [6, 6.07) is 4.75. The molecular weight excluding hydrogens is 286 g/mol. The first kappa shape index (κ1) is 16.4. The van der Waals surface area contributed by atoms with Gasteiger partial charge >= 0.3 is 0 Å². The summed E-state index contributed by atoms with van der Waals surface area (Å²) >= 11 is 5.94. The number of nitrogens with one attached hydrogen (secondary N) is 1. The van der Waals surface area contributed by atoms with E-state index in [0.29, 0.717) is 0 Å². The van der Waals surface area contributed by atoms with Gasteiger partial charge in [0.2, 0.25) is 10.0 Å². The fourth-order valence-electron chi connectivity index (χ4n) is 1.57. The number of hydrogen-bond acceptors (Lipinski definition) is 3. The number of rotatable bonds is 6. The number of sulfonamides is 1. The predicted molar refractivity (Wildman–Crippen MR) is 76.8 cm³/mol. The highest BCUT2D eigenvalue weighted by Crippen LogP contribution is 2.22. The zero-order chi connectivity index (χ0) is 14.6. The van der Waals surface area contributed by atoms with E-state index in [1.165, 1.54) is 6.07 Å². The maximum atomic E-state index is 12.1. The second-order valence-corrected chi connectivity index (χ2v) is 6.88. The van der Waals surface area contributed by atoms with Crippen molar-refractivity contribution in [3.8, 4) is 0 Å². The fraction of sp³-hybridized carbons (Fsp3) is 0.538. The molecule has 108 valence electrons. The van der Waals surface area contributed by atoms with E-state index in [-0.39, 0.29) is 22.4 Å². The first-order valence-electron chi connectivity index (χ1n) is 6.21. The van der Waals surface area contributed by atoms with Crippen LogP contribution in [0.5, 0.6) is 0 Å². The van der Waals surface area contributed by atoms with E-state index in [0.717, 1.165) is 12.0 Å². The van der Waals surface area contributed by atoms with Crippen LogP contribution in [0, 0.1) is 12.8 Å². The van der Waals surface area contributed by atoms with Crippen molar-refractivity contribution in [2.75, 3.05) is 6.54 Å². The smallest absolute Gasteiger partial charge is 0.242 e. The van der Waals surface area contributed by atoms with Gasteiger partial charge in [0.05, 0.1) is 11.1 Å². The van der Waals surface area contributed by atoms with Gasteiger partial charge in [0.25, 0.3) is 0 Å². The molecule has 0 saturated heterocycles. The predicted octanol–water partition coefficient (Wildman–Crippen LogP) is 2.33. The summed E-state index contributed by atoms with van der Waals surface area (Å²) in [7, 11) is -3.69. The van der Waals surface area contributed by atoms with Crippen molar-refractivity contribution in [2.24, 2.45) is 5.92 Å². The molecule has 0 radical (unpaired) electrons. The monoisotopic (exact) mass is 305 g/mol. The number of halogens is 1. The summed E-state index contributed by atoms with van der Waals surface area (Å²) in [5.74, 6) is 0.0381. The van der Waals surface area contributed by atoms with Gasteiger partial charge in [0.15, 0.2) is 0 Å². The molecule has 19 heavy (non-hydrogen) atoms. The number of aliphatic hydroxyl groups excluding tert-OH is 1. The molecule has 6 heteroatoms. The van der Waals surface area contributed by atoms with Crippen molar-refractivity contribution in [2.45, 2.75) is 38.2 Å². The molecule has 2 unspecified atom stereocenters. The molecule has 1 aromatic carbocycles. The molecule has 2 atom stereocenters. The quantitative estimate of drug-likeness (QED) is 0.847. The molecular formula is C13H20ClNO3S. The Morgan fingerprint density at radius 2 is 2.05 bits per heavy atom. The van der Waals surface area contributed by atoms with Crippen LogP contribution in [-0.2, 0) is 10.0 Å². The molecule has 0 spiro atoms. The van der Waals surface area contributed by atoms with Gasteiger partial charge in [0, 0.05) is 6.54 Å². The zero-order valence-corrected chi connectivity index (χ0v) is 12.9. The highest BCUT2D eigenvalue weighted by molar-refractivity contribution is 7.89. The van der Waals surface area contributed by atoms with Gasteiger partial charge in [-0.1, -0.05) is 37.9 Å². The summed E-state index contributed by atoms with van der Waals surface area (Å²) < 4.78 is 26.5. The summed E-state index contributed by atoms with van der Waals surface area (Å²) in [6.45, 7) is 5.64. The van der Waals surface area contributed by atoms with E-state index in [1.807, 2.05) is 20.8 Å². The van der Waals surface area contributed by atoms with E-state index in [4.69, 9.17) is 11.6 Å². The molecule has 0 heterocycles. The van der Waals surface area contributed by atoms with E-state index in [2.05, 4.69) is 4.72 Å². The molecule has 0 aliphatic heterocycles. The lowest BCUT2D eigenvalue weighted by atomic mass is 10.0. The molecule has 4 nitrogen and oxygen atoms in total. The van der Waals surface area contributed by atoms with Crippen LogP contribution in [0.3, 0.4) is 0 Å². The SMILES string of the molecule is CCC(C)C(O)CNS(=O)(=O)c1ccc(C)cc1Cl. The first-order valence-corrected chi connectivity index (χ1v) is 8.08. The highest BCUT2D eigenvalue weighted by atomic mass is 35.5. The molecule has 1 rings (SSSR count). The van der Waals surface area contributed by atoms with Crippen LogP contribution < -0.4 is 4.72 Å². The number of aliphatic hydroxyl groups is 1. The standard InChI is InChI=1S/C13H20ClNO3S/c1-4-10(3)12(16)8-15-19(17,18)13-6-5-9(2)7-11(13)14/h5-7,10,12,15-16H,4,8H2,1-3H3. The average molecular weight is 306 g/mol. The number of benzene rings is 1. The van der Waals surface area contributed by atoms with Crippen LogP contribution in [0.4, 0.5) is 0 Å². The lowest BCUT2D eigenvalue weighted by Gasteiger charge is -2.18. The van der Waals surface area contributed by atoms with E-state index in [9.17, 15) is 13.5 Å².